The number of rotatable bonds is 3. The second-order valence-corrected chi connectivity index (χ2v) is 9.76. The third-order valence-electron chi connectivity index (χ3n) is 1.97. The van der Waals surface area contributed by atoms with E-state index < -0.39 is 8.32 Å². The summed E-state index contributed by atoms with van der Waals surface area (Å²) in [5.41, 5.74) is 1.06. The normalized spacial score (nSPS) is 11.8. The van der Waals surface area contributed by atoms with E-state index in [1.807, 2.05) is 63.0 Å². The molecule has 1 aromatic carbocycles. The summed E-state index contributed by atoms with van der Waals surface area (Å²) in [6.07, 6.45) is 10.0. The molecule has 0 saturated heterocycles. The molecule has 23 heavy (non-hydrogen) atoms. The van der Waals surface area contributed by atoms with Gasteiger partial charge >= 0.3 is 22.6 Å². The topological polar surface area (TPSA) is 49.0 Å². The van der Waals surface area contributed by atoms with Gasteiger partial charge < -0.3 is 4.43 Å². The van der Waals surface area contributed by atoms with Crippen LogP contribution in [0.2, 0.25) is 24.7 Å². The van der Waals surface area contributed by atoms with Crippen molar-refractivity contribution in [2.75, 3.05) is 0 Å². The van der Waals surface area contributed by atoms with Crippen molar-refractivity contribution in [1.29, 1.82) is 0 Å². The third kappa shape index (κ3) is 19.5. The predicted octanol–water partition coefficient (Wildman–Crippen LogP) is 4.65. The summed E-state index contributed by atoms with van der Waals surface area (Å²) in [5, 5.41) is 0.755. The van der Waals surface area contributed by atoms with Gasteiger partial charge in [-0.15, -0.1) is 0 Å². The van der Waals surface area contributed by atoms with E-state index >= 15 is 0 Å². The Morgan fingerprint density at radius 2 is 1.22 bits per heavy atom. The quantitative estimate of drug-likeness (QED) is 0.421. The molecule has 0 aromatic heterocycles. The van der Waals surface area contributed by atoms with E-state index in [4.69, 9.17) is 25.3 Å². The average molecular weight is 391 g/mol. The maximum atomic E-state index is 7.50. The van der Waals surface area contributed by atoms with E-state index in [0.717, 1.165) is 10.6 Å². The third-order valence-corrected chi connectivity index (χ3v) is 3.05. The molecule has 0 N–H and O–H groups in total. The van der Waals surface area contributed by atoms with E-state index in [-0.39, 0.29) is 17.1 Å². The molecule has 0 heterocycles. The monoisotopic (exact) mass is 390 g/mol. The molecule has 0 spiro atoms. The molecule has 3 nitrogen and oxygen atoms in total. The minimum atomic E-state index is -1.44. The van der Waals surface area contributed by atoms with Gasteiger partial charge in [-0.3, -0.25) is 0 Å². The molecular formula is C17H19ClFeO3Si-. The van der Waals surface area contributed by atoms with Crippen molar-refractivity contribution in [1.82, 2.24) is 0 Å². The minimum absolute atomic E-state index is 0. The van der Waals surface area contributed by atoms with E-state index in [1.165, 1.54) is 0 Å². The number of hydrogen-bond donors (Lipinski definition) is 0. The van der Waals surface area contributed by atoms with Gasteiger partial charge in [0.2, 0.25) is 0 Å². The summed E-state index contributed by atoms with van der Waals surface area (Å²) in [4.78, 5) is 0. The summed E-state index contributed by atoms with van der Waals surface area (Å²) in [5.74, 6) is 0. The standard InChI is InChI=1S/C10H14ClOSi.C5H5.2CO.Fe/c1-13(2,3)12-8-9-4-6-10(11)7-5-9;1-2-4-5-3-1;2*1-2;/h4-8H,1-3H3;1-5H;;;/q-1;;;;. The van der Waals surface area contributed by atoms with Gasteiger partial charge in [0.15, 0.2) is 8.32 Å². The Morgan fingerprint density at radius 3 is 1.52 bits per heavy atom. The Bertz CT molecular complexity index is 396. The smallest absolute Gasteiger partial charge is 0 e. The van der Waals surface area contributed by atoms with Crippen LogP contribution in [0.15, 0.2) is 24.3 Å². The SMILES string of the molecule is C[Si](C)(C)O[CH-]c1ccc(Cl)cc1.[C-]#[O+].[C-]#[O+].[CH]1[CH][CH][CH][CH]1.[Fe]. The Hall–Kier alpha value is -0.444. The van der Waals surface area contributed by atoms with Gasteiger partial charge in [0.05, 0.1) is 0 Å². The zero-order chi connectivity index (χ0) is 17.4. The largest absolute Gasteiger partial charge is 0.0312 e. The van der Waals surface area contributed by atoms with Crippen LogP contribution in [0.25, 0.3) is 0 Å². The molecule has 0 atom stereocenters. The van der Waals surface area contributed by atoms with Crippen LogP contribution in [0, 0.1) is 52.0 Å². The van der Waals surface area contributed by atoms with Gasteiger partial charge in [0, 0.05) is 22.1 Å². The molecule has 1 fully saturated rings. The van der Waals surface area contributed by atoms with E-state index in [0.29, 0.717) is 0 Å². The van der Waals surface area contributed by atoms with Gasteiger partial charge in [-0.25, -0.2) is 0 Å². The van der Waals surface area contributed by atoms with Crippen LogP contribution in [0.4, 0.5) is 0 Å². The van der Waals surface area contributed by atoms with Gasteiger partial charge in [-0.1, -0.05) is 30.3 Å². The fourth-order valence-electron chi connectivity index (χ4n) is 1.11. The first-order valence-corrected chi connectivity index (χ1v) is 10.1. The maximum Gasteiger partial charge on any atom is 0 e. The second-order valence-electron chi connectivity index (χ2n) is 4.86. The van der Waals surface area contributed by atoms with E-state index in [1.54, 1.807) is 0 Å². The molecule has 0 aliphatic heterocycles. The molecule has 1 aliphatic carbocycles. The second kappa shape index (κ2) is 17.9. The fourth-order valence-corrected chi connectivity index (χ4v) is 1.72. The zero-order valence-electron chi connectivity index (χ0n) is 13.2. The van der Waals surface area contributed by atoms with Crippen molar-refractivity contribution in [3.05, 3.63) is 86.9 Å². The molecule has 0 amide bonds. The predicted molar refractivity (Wildman–Crippen MR) is 88.6 cm³/mol. The van der Waals surface area contributed by atoms with Gasteiger partial charge in [-0.05, 0) is 51.7 Å². The van der Waals surface area contributed by atoms with E-state index in [2.05, 4.69) is 32.9 Å². The van der Waals surface area contributed by atoms with Crippen LogP contribution < -0.4 is 0 Å². The molecule has 125 valence electrons. The van der Waals surface area contributed by atoms with Crippen molar-refractivity contribution in [3.8, 4) is 0 Å². The molecule has 1 aromatic rings. The Kier molecular flexibility index (Phi) is 21.3. The van der Waals surface area contributed by atoms with Crippen LogP contribution >= 0.6 is 11.6 Å². The molecule has 2 rings (SSSR count). The van der Waals surface area contributed by atoms with E-state index in [9.17, 15) is 0 Å². The van der Waals surface area contributed by atoms with Crippen LogP contribution in [-0.2, 0) is 30.8 Å². The first-order chi connectivity index (χ1) is 10.5. The van der Waals surface area contributed by atoms with Crippen molar-refractivity contribution in [2.24, 2.45) is 0 Å². The molecule has 1 aliphatic rings. The number of benzene rings is 1. The Balaban J connectivity index is -0.000000335. The van der Waals surface area contributed by atoms with Gasteiger partial charge in [0.25, 0.3) is 0 Å². The van der Waals surface area contributed by atoms with Crippen LogP contribution in [-0.4, -0.2) is 8.32 Å². The van der Waals surface area contributed by atoms with Crippen molar-refractivity contribution >= 4 is 19.9 Å². The van der Waals surface area contributed by atoms with Gasteiger partial charge in [0.1, 0.15) is 0 Å². The summed E-state index contributed by atoms with van der Waals surface area (Å²) in [6, 6.07) is 7.62. The van der Waals surface area contributed by atoms with Crippen molar-refractivity contribution in [2.45, 2.75) is 19.6 Å². The molecule has 0 bridgehead atoms. The van der Waals surface area contributed by atoms with Crippen LogP contribution in [0.5, 0.6) is 0 Å². The Labute approximate surface area is 157 Å². The average Bonchev–Trinajstić information content (AvgIpc) is 3.10. The van der Waals surface area contributed by atoms with Crippen molar-refractivity contribution < 1.29 is 30.8 Å². The van der Waals surface area contributed by atoms with Gasteiger partial charge in [-0.2, -0.15) is 17.7 Å². The molecule has 5 radical (unpaired) electrons. The summed E-state index contributed by atoms with van der Waals surface area (Å²) in [6.45, 7) is 17.3. The number of hydrogen-bond acceptors (Lipinski definition) is 1. The molecule has 6 heteroatoms. The first-order valence-electron chi connectivity index (χ1n) is 6.31. The minimum Gasteiger partial charge on any atom is -0.0312 e. The first kappa shape index (κ1) is 27.4. The summed E-state index contributed by atoms with van der Waals surface area (Å²) < 4.78 is 20.6. The van der Waals surface area contributed by atoms with Crippen LogP contribution in [0.3, 0.4) is 0 Å². The summed E-state index contributed by atoms with van der Waals surface area (Å²) in [7, 11) is -1.44. The Morgan fingerprint density at radius 1 is 0.870 bits per heavy atom. The zero-order valence-corrected chi connectivity index (χ0v) is 16.1. The molecule has 1 saturated carbocycles. The summed E-state index contributed by atoms with van der Waals surface area (Å²) >= 11 is 5.76. The number of halogens is 1. The maximum absolute atomic E-state index is 7.50. The molecule has 0 unspecified atom stereocenters. The van der Waals surface area contributed by atoms with Crippen molar-refractivity contribution in [3.63, 3.8) is 0 Å². The fraction of sp³-hybridized carbons (Fsp3) is 0.176. The molecular weight excluding hydrogens is 372 g/mol. The van der Waals surface area contributed by atoms with Crippen LogP contribution in [0.1, 0.15) is 5.56 Å².